The van der Waals surface area contributed by atoms with Crippen molar-refractivity contribution in [1.29, 1.82) is 0 Å². The molecule has 0 spiro atoms. The second-order valence-corrected chi connectivity index (χ2v) is 4.01. The number of hydrogen-bond acceptors (Lipinski definition) is 1. The molecule has 0 saturated carbocycles. The molecule has 0 aliphatic rings. The van der Waals surface area contributed by atoms with Gasteiger partial charge >= 0.3 is 0 Å². The predicted octanol–water partition coefficient (Wildman–Crippen LogP) is 3.22. The van der Waals surface area contributed by atoms with Crippen molar-refractivity contribution in [1.82, 2.24) is 0 Å². The van der Waals surface area contributed by atoms with Gasteiger partial charge in [-0.05, 0) is 18.3 Å². The lowest BCUT2D eigenvalue weighted by molar-refractivity contribution is -0.0646. The van der Waals surface area contributed by atoms with E-state index in [4.69, 9.17) is 0 Å². The Morgan fingerprint density at radius 1 is 1.08 bits per heavy atom. The second-order valence-electron chi connectivity index (χ2n) is 4.01. The molecule has 12 heavy (non-hydrogen) atoms. The molecule has 0 aliphatic heterocycles. The summed E-state index contributed by atoms with van der Waals surface area (Å²) in [6, 6.07) is 0. The van der Waals surface area contributed by atoms with E-state index in [1.54, 1.807) is 0 Å². The highest BCUT2D eigenvalue weighted by molar-refractivity contribution is 4.86. The molecule has 0 amide bonds. The average molecular weight is 172 g/mol. The maximum absolute atomic E-state index is 10.4. The molecule has 0 heterocycles. The predicted molar refractivity (Wildman–Crippen MR) is 54.2 cm³/mol. The van der Waals surface area contributed by atoms with E-state index in [1.165, 1.54) is 0 Å². The Bertz CT molecular complexity index is 116. The minimum absolute atomic E-state index is 0.368. The standard InChI is InChI=1S/C11H24O/c1-6-10(7-2)11(12,8-3)9(4)5/h9-10,12H,6-8H2,1-5H3. The summed E-state index contributed by atoms with van der Waals surface area (Å²) in [6.07, 6.45) is 3.04. The largest absolute Gasteiger partial charge is 0.389 e. The van der Waals surface area contributed by atoms with Crippen molar-refractivity contribution in [2.45, 2.75) is 59.5 Å². The van der Waals surface area contributed by atoms with Crippen LogP contribution < -0.4 is 0 Å². The molecule has 0 radical (unpaired) electrons. The third-order valence-corrected chi connectivity index (χ3v) is 3.26. The first-order valence-electron chi connectivity index (χ1n) is 5.25. The van der Waals surface area contributed by atoms with Gasteiger partial charge in [0.25, 0.3) is 0 Å². The van der Waals surface area contributed by atoms with Crippen LogP contribution in [0.1, 0.15) is 53.9 Å². The van der Waals surface area contributed by atoms with Crippen LogP contribution in [0.3, 0.4) is 0 Å². The van der Waals surface area contributed by atoms with E-state index < -0.39 is 5.60 Å². The molecule has 0 aromatic rings. The third-order valence-electron chi connectivity index (χ3n) is 3.26. The van der Waals surface area contributed by atoms with Crippen LogP contribution in [-0.4, -0.2) is 10.7 Å². The number of hydrogen-bond donors (Lipinski definition) is 1. The van der Waals surface area contributed by atoms with Gasteiger partial charge in [0.15, 0.2) is 0 Å². The Morgan fingerprint density at radius 2 is 1.50 bits per heavy atom. The van der Waals surface area contributed by atoms with Crippen LogP contribution in [-0.2, 0) is 0 Å². The van der Waals surface area contributed by atoms with Crippen LogP contribution in [0, 0.1) is 11.8 Å². The zero-order valence-electron chi connectivity index (χ0n) is 9.22. The number of rotatable bonds is 5. The summed E-state index contributed by atoms with van der Waals surface area (Å²) in [5.74, 6) is 0.829. The van der Waals surface area contributed by atoms with E-state index in [0.29, 0.717) is 11.8 Å². The van der Waals surface area contributed by atoms with Gasteiger partial charge in [0.2, 0.25) is 0 Å². The first kappa shape index (κ1) is 12.0. The third kappa shape index (κ3) is 2.22. The van der Waals surface area contributed by atoms with Crippen LogP contribution in [0.15, 0.2) is 0 Å². The Kier molecular flexibility index (Phi) is 4.84. The quantitative estimate of drug-likeness (QED) is 0.675. The van der Waals surface area contributed by atoms with Gasteiger partial charge in [-0.3, -0.25) is 0 Å². The van der Waals surface area contributed by atoms with Gasteiger partial charge in [0, 0.05) is 0 Å². The van der Waals surface area contributed by atoms with Crippen LogP contribution >= 0.6 is 0 Å². The monoisotopic (exact) mass is 172 g/mol. The summed E-state index contributed by atoms with van der Waals surface area (Å²) >= 11 is 0. The van der Waals surface area contributed by atoms with Crippen molar-refractivity contribution in [2.24, 2.45) is 11.8 Å². The van der Waals surface area contributed by atoms with E-state index in [9.17, 15) is 5.11 Å². The second kappa shape index (κ2) is 4.86. The Balaban J connectivity index is 4.47. The highest BCUT2D eigenvalue weighted by atomic mass is 16.3. The summed E-state index contributed by atoms with van der Waals surface area (Å²) in [4.78, 5) is 0. The maximum Gasteiger partial charge on any atom is 0.0695 e. The fourth-order valence-corrected chi connectivity index (χ4v) is 2.16. The molecular formula is C11H24O. The zero-order valence-corrected chi connectivity index (χ0v) is 9.22. The average Bonchev–Trinajstić information content (AvgIpc) is 2.05. The molecule has 1 heteroatoms. The molecule has 0 bridgehead atoms. The molecule has 1 unspecified atom stereocenters. The summed E-state index contributed by atoms with van der Waals surface area (Å²) in [7, 11) is 0. The van der Waals surface area contributed by atoms with E-state index in [2.05, 4.69) is 34.6 Å². The molecule has 0 aliphatic carbocycles. The first-order chi connectivity index (χ1) is 5.52. The Hall–Kier alpha value is -0.0400. The van der Waals surface area contributed by atoms with Gasteiger partial charge in [-0.1, -0.05) is 47.5 Å². The minimum Gasteiger partial charge on any atom is -0.389 e. The summed E-state index contributed by atoms with van der Waals surface area (Å²) in [5, 5.41) is 10.4. The fraction of sp³-hybridized carbons (Fsp3) is 1.00. The molecule has 0 rings (SSSR count). The Morgan fingerprint density at radius 3 is 1.58 bits per heavy atom. The van der Waals surface area contributed by atoms with Crippen molar-refractivity contribution in [3.63, 3.8) is 0 Å². The molecule has 0 fully saturated rings. The highest BCUT2D eigenvalue weighted by Gasteiger charge is 2.35. The molecule has 0 saturated heterocycles. The SMILES string of the molecule is CCC(CC)C(O)(CC)C(C)C. The summed E-state index contributed by atoms with van der Waals surface area (Å²) in [5.41, 5.74) is -0.441. The number of aliphatic hydroxyl groups is 1. The van der Waals surface area contributed by atoms with Crippen LogP contribution in [0.25, 0.3) is 0 Å². The van der Waals surface area contributed by atoms with Gasteiger partial charge in [-0.15, -0.1) is 0 Å². The molecular weight excluding hydrogens is 148 g/mol. The highest BCUT2D eigenvalue weighted by Crippen LogP contribution is 2.33. The lowest BCUT2D eigenvalue weighted by Crippen LogP contribution is -2.42. The first-order valence-corrected chi connectivity index (χ1v) is 5.25. The van der Waals surface area contributed by atoms with Gasteiger partial charge in [-0.25, -0.2) is 0 Å². The van der Waals surface area contributed by atoms with E-state index >= 15 is 0 Å². The van der Waals surface area contributed by atoms with Crippen LogP contribution in [0.2, 0.25) is 0 Å². The zero-order chi connectivity index (χ0) is 9.78. The maximum atomic E-state index is 10.4. The van der Waals surface area contributed by atoms with Gasteiger partial charge in [-0.2, -0.15) is 0 Å². The van der Waals surface area contributed by atoms with Crippen LogP contribution in [0.5, 0.6) is 0 Å². The Labute approximate surface area is 77.2 Å². The van der Waals surface area contributed by atoms with Crippen molar-refractivity contribution >= 4 is 0 Å². The van der Waals surface area contributed by atoms with Crippen molar-refractivity contribution in [3.05, 3.63) is 0 Å². The van der Waals surface area contributed by atoms with Gasteiger partial charge in [0.1, 0.15) is 0 Å². The summed E-state index contributed by atoms with van der Waals surface area (Å²) < 4.78 is 0. The van der Waals surface area contributed by atoms with E-state index in [0.717, 1.165) is 19.3 Å². The van der Waals surface area contributed by atoms with Gasteiger partial charge < -0.3 is 5.11 Å². The lowest BCUT2D eigenvalue weighted by atomic mass is 9.74. The minimum atomic E-state index is -0.441. The molecule has 74 valence electrons. The molecule has 0 aromatic carbocycles. The molecule has 1 atom stereocenters. The van der Waals surface area contributed by atoms with E-state index in [1.807, 2.05) is 0 Å². The molecule has 0 aromatic heterocycles. The van der Waals surface area contributed by atoms with Crippen LogP contribution in [0.4, 0.5) is 0 Å². The lowest BCUT2D eigenvalue weighted by Gasteiger charge is -2.38. The van der Waals surface area contributed by atoms with Crippen molar-refractivity contribution in [3.8, 4) is 0 Å². The van der Waals surface area contributed by atoms with E-state index in [-0.39, 0.29) is 0 Å². The smallest absolute Gasteiger partial charge is 0.0695 e. The van der Waals surface area contributed by atoms with Crippen molar-refractivity contribution < 1.29 is 5.11 Å². The summed E-state index contributed by atoms with van der Waals surface area (Å²) in [6.45, 7) is 10.6. The topological polar surface area (TPSA) is 20.2 Å². The molecule has 1 N–H and O–H groups in total. The molecule has 1 nitrogen and oxygen atoms in total. The van der Waals surface area contributed by atoms with Gasteiger partial charge in [0.05, 0.1) is 5.60 Å². The normalized spacial score (nSPS) is 17.0. The fourth-order valence-electron chi connectivity index (χ4n) is 2.16. The van der Waals surface area contributed by atoms with Crippen molar-refractivity contribution in [2.75, 3.05) is 0 Å².